The number of aromatic nitrogens is 1. The fraction of sp³-hybridized carbons (Fsp3) is 0.417. The van der Waals surface area contributed by atoms with Gasteiger partial charge in [-0.3, -0.25) is 14.4 Å². The molecule has 1 aromatic carbocycles. The Morgan fingerprint density at radius 3 is 2.48 bits per heavy atom. The van der Waals surface area contributed by atoms with Crippen LogP contribution in [0.4, 0.5) is 5.69 Å². The molecule has 162 valence electrons. The number of carbonyl (C=O) groups excluding carboxylic acids is 2. The van der Waals surface area contributed by atoms with Gasteiger partial charge in [0.2, 0.25) is 5.91 Å². The molecule has 1 fully saturated rings. The summed E-state index contributed by atoms with van der Waals surface area (Å²) in [7, 11) is 0. The third kappa shape index (κ3) is 5.40. The first kappa shape index (κ1) is 22.3. The van der Waals surface area contributed by atoms with Crippen LogP contribution in [0.1, 0.15) is 65.7 Å². The van der Waals surface area contributed by atoms with Gasteiger partial charge >= 0.3 is 0 Å². The van der Waals surface area contributed by atoms with Crippen LogP contribution >= 0.6 is 0 Å². The summed E-state index contributed by atoms with van der Waals surface area (Å²) in [5, 5.41) is 15.1. The molecule has 1 aliphatic rings. The molecule has 3 rings (SSSR count). The summed E-state index contributed by atoms with van der Waals surface area (Å²) in [4.78, 5) is 38.1. The van der Waals surface area contributed by atoms with Gasteiger partial charge in [0, 0.05) is 11.7 Å². The minimum atomic E-state index is -0.491. The minimum absolute atomic E-state index is 0.0292. The molecule has 0 unspecified atom stereocenters. The van der Waals surface area contributed by atoms with Gasteiger partial charge in [0.15, 0.2) is 0 Å². The first-order valence-corrected chi connectivity index (χ1v) is 10.7. The third-order valence-electron chi connectivity index (χ3n) is 5.75. The van der Waals surface area contributed by atoms with Crippen molar-refractivity contribution in [2.75, 3.05) is 5.32 Å². The SMILES string of the molecule is Cc1cc(C)n(CC(=O)Nc2ccccc2C(=O)NC2CCCCCC2)c(=O)c1C#N. The number of carbonyl (C=O) groups is 2. The number of para-hydroxylation sites is 1. The van der Waals surface area contributed by atoms with Gasteiger partial charge in [0.05, 0.1) is 11.3 Å². The van der Waals surface area contributed by atoms with Crippen LogP contribution in [0.15, 0.2) is 35.1 Å². The normalized spacial score (nSPS) is 14.4. The zero-order valence-electron chi connectivity index (χ0n) is 18.0. The Morgan fingerprint density at radius 1 is 1.13 bits per heavy atom. The van der Waals surface area contributed by atoms with Crippen molar-refractivity contribution in [3.63, 3.8) is 0 Å². The number of hydrogen-bond donors (Lipinski definition) is 2. The lowest BCUT2D eigenvalue weighted by Gasteiger charge is -2.18. The third-order valence-corrected chi connectivity index (χ3v) is 5.75. The number of pyridine rings is 1. The first-order chi connectivity index (χ1) is 14.9. The molecule has 7 heteroatoms. The van der Waals surface area contributed by atoms with Crippen molar-refractivity contribution in [1.29, 1.82) is 5.26 Å². The van der Waals surface area contributed by atoms with Gasteiger partial charge in [-0.2, -0.15) is 5.26 Å². The predicted octanol–water partition coefficient (Wildman–Crippen LogP) is 3.43. The number of rotatable bonds is 5. The fourth-order valence-corrected chi connectivity index (χ4v) is 4.07. The number of amides is 2. The van der Waals surface area contributed by atoms with E-state index in [2.05, 4.69) is 10.6 Å². The van der Waals surface area contributed by atoms with E-state index in [0.717, 1.165) is 25.7 Å². The second-order valence-corrected chi connectivity index (χ2v) is 8.10. The highest BCUT2D eigenvalue weighted by Gasteiger charge is 2.19. The van der Waals surface area contributed by atoms with Crippen LogP contribution in [0.2, 0.25) is 0 Å². The van der Waals surface area contributed by atoms with Gasteiger partial charge < -0.3 is 15.2 Å². The molecule has 0 spiro atoms. The van der Waals surface area contributed by atoms with Crippen LogP contribution in [0.3, 0.4) is 0 Å². The summed E-state index contributed by atoms with van der Waals surface area (Å²) in [5.74, 6) is -0.647. The smallest absolute Gasteiger partial charge is 0.269 e. The van der Waals surface area contributed by atoms with Crippen molar-refractivity contribution in [2.24, 2.45) is 0 Å². The number of anilines is 1. The lowest BCUT2D eigenvalue weighted by atomic mass is 10.1. The van der Waals surface area contributed by atoms with E-state index in [-0.39, 0.29) is 24.1 Å². The number of nitriles is 1. The molecular formula is C24H28N4O3. The average Bonchev–Trinajstić information content (AvgIpc) is 3.00. The van der Waals surface area contributed by atoms with Crippen LogP contribution in [-0.4, -0.2) is 22.4 Å². The molecular weight excluding hydrogens is 392 g/mol. The Hall–Kier alpha value is -3.40. The van der Waals surface area contributed by atoms with E-state index >= 15 is 0 Å². The molecule has 0 radical (unpaired) electrons. The van der Waals surface area contributed by atoms with Gasteiger partial charge in [-0.15, -0.1) is 0 Å². The Bertz CT molecular complexity index is 1070. The quantitative estimate of drug-likeness (QED) is 0.723. The zero-order chi connectivity index (χ0) is 22.4. The maximum Gasteiger partial charge on any atom is 0.269 e. The highest BCUT2D eigenvalue weighted by molar-refractivity contribution is 6.03. The molecule has 0 atom stereocenters. The Labute approximate surface area is 182 Å². The van der Waals surface area contributed by atoms with E-state index < -0.39 is 11.5 Å². The second kappa shape index (κ2) is 10.1. The van der Waals surface area contributed by atoms with Crippen LogP contribution in [0.5, 0.6) is 0 Å². The van der Waals surface area contributed by atoms with E-state index in [4.69, 9.17) is 0 Å². The predicted molar refractivity (Wildman–Crippen MR) is 119 cm³/mol. The van der Waals surface area contributed by atoms with E-state index in [0.29, 0.717) is 22.5 Å². The topological polar surface area (TPSA) is 104 Å². The molecule has 31 heavy (non-hydrogen) atoms. The number of aryl methyl sites for hydroxylation is 2. The number of nitrogens with one attached hydrogen (secondary N) is 2. The maximum atomic E-state index is 12.9. The highest BCUT2D eigenvalue weighted by Crippen LogP contribution is 2.20. The molecule has 0 saturated heterocycles. The molecule has 7 nitrogen and oxygen atoms in total. The minimum Gasteiger partial charge on any atom is -0.349 e. The van der Waals surface area contributed by atoms with Gasteiger partial charge in [-0.25, -0.2) is 0 Å². The molecule has 1 aromatic heterocycles. The standard InChI is InChI=1S/C24H28N4O3/c1-16-13-17(2)28(24(31)20(16)14-25)15-22(29)27-21-12-8-7-11-19(21)23(30)26-18-9-5-3-4-6-10-18/h7-8,11-13,18H,3-6,9-10,15H2,1-2H3,(H,26,30)(H,27,29). The van der Waals surface area contributed by atoms with E-state index in [1.54, 1.807) is 44.2 Å². The number of nitrogens with zero attached hydrogens (tertiary/aromatic N) is 2. The Morgan fingerprint density at radius 2 is 1.81 bits per heavy atom. The Kier molecular flexibility index (Phi) is 7.24. The first-order valence-electron chi connectivity index (χ1n) is 10.7. The highest BCUT2D eigenvalue weighted by atomic mass is 16.2. The van der Waals surface area contributed by atoms with Crippen molar-refractivity contribution in [1.82, 2.24) is 9.88 Å². The molecule has 2 amide bonds. The molecule has 0 aliphatic heterocycles. The summed E-state index contributed by atoms with van der Waals surface area (Å²) >= 11 is 0. The van der Waals surface area contributed by atoms with Gasteiger partial charge in [0.1, 0.15) is 18.2 Å². The molecule has 2 N–H and O–H groups in total. The maximum absolute atomic E-state index is 12.9. The lowest BCUT2D eigenvalue weighted by Crippen LogP contribution is -2.35. The Balaban J connectivity index is 1.75. The van der Waals surface area contributed by atoms with E-state index in [1.165, 1.54) is 17.4 Å². The lowest BCUT2D eigenvalue weighted by molar-refractivity contribution is -0.116. The van der Waals surface area contributed by atoms with Crippen LogP contribution in [0.25, 0.3) is 0 Å². The van der Waals surface area contributed by atoms with E-state index in [1.807, 2.05) is 6.07 Å². The van der Waals surface area contributed by atoms with Crippen molar-refractivity contribution < 1.29 is 9.59 Å². The van der Waals surface area contributed by atoms with Crippen LogP contribution in [0, 0.1) is 25.2 Å². The molecule has 2 aromatic rings. The monoisotopic (exact) mass is 420 g/mol. The summed E-state index contributed by atoms with van der Waals surface area (Å²) in [5.41, 5.74) is 1.51. The number of hydrogen-bond acceptors (Lipinski definition) is 4. The summed E-state index contributed by atoms with van der Waals surface area (Å²) in [6.07, 6.45) is 6.56. The zero-order valence-corrected chi connectivity index (χ0v) is 18.0. The number of benzene rings is 1. The summed E-state index contributed by atoms with van der Waals surface area (Å²) in [6.45, 7) is 3.18. The van der Waals surface area contributed by atoms with Crippen LogP contribution in [-0.2, 0) is 11.3 Å². The van der Waals surface area contributed by atoms with Crippen molar-refractivity contribution >= 4 is 17.5 Å². The molecule has 1 heterocycles. The van der Waals surface area contributed by atoms with E-state index in [9.17, 15) is 19.6 Å². The molecule has 1 saturated carbocycles. The molecule has 1 aliphatic carbocycles. The van der Waals surface area contributed by atoms with Crippen molar-refractivity contribution in [3.05, 3.63) is 63.1 Å². The van der Waals surface area contributed by atoms with Gasteiger partial charge in [0.25, 0.3) is 11.5 Å². The van der Waals surface area contributed by atoms with Gasteiger partial charge in [-0.1, -0.05) is 37.8 Å². The second-order valence-electron chi connectivity index (χ2n) is 8.10. The summed E-state index contributed by atoms with van der Waals surface area (Å²) in [6, 6.07) is 10.6. The molecule has 0 bridgehead atoms. The largest absolute Gasteiger partial charge is 0.349 e. The van der Waals surface area contributed by atoms with Crippen molar-refractivity contribution in [3.8, 4) is 6.07 Å². The fourth-order valence-electron chi connectivity index (χ4n) is 4.07. The van der Waals surface area contributed by atoms with Crippen LogP contribution < -0.4 is 16.2 Å². The average molecular weight is 421 g/mol. The summed E-state index contributed by atoms with van der Waals surface area (Å²) < 4.78 is 1.27. The van der Waals surface area contributed by atoms with Gasteiger partial charge in [-0.05, 0) is 50.5 Å². The van der Waals surface area contributed by atoms with Crippen molar-refractivity contribution in [2.45, 2.75) is 65.0 Å².